The highest BCUT2D eigenvalue weighted by molar-refractivity contribution is 6.04. The molecule has 1 aliphatic heterocycles. The van der Waals surface area contributed by atoms with E-state index >= 15 is 0 Å². The molecule has 0 radical (unpaired) electrons. The number of nitrogens with one attached hydrogen (secondary N) is 1. The van der Waals surface area contributed by atoms with E-state index in [0.29, 0.717) is 16.9 Å². The Balaban J connectivity index is 1.51. The number of hydrogen-bond acceptors (Lipinski definition) is 6. The van der Waals surface area contributed by atoms with E-state index in [0.717, 1.165) is 24.6 Å². The highest BCUT2D eigenvalue weighted by Crippen LogP contribution is 2.19. The maximum absolute atomic E-state index is 13.0. The fraction of sp³-hybridized carbons (Fsp3) is 0.348. The molecule has 0 aliphatic carbocycles. The summed E-state index contributed by atoms with van der Waals surface area (Å²) in [4.78, 5) is 41.1. The lowest BCUT2D eigenvalue weighted by Gasteiger charge is -2.27. The Hall–Kier alpha value is -3.55. The lowest BCUT2D eigenvalue weighted by molar-refractivity contribution is 0.102. The Morgan fingerprint density at radius 3 is 2.48 bits per heavy atom. The molecule has 1 saturated heterocycles. The van der Waals surface area contributed by atoms with E-state index in [4.69, 9.17) is 0 Å². The number of carbonyl (C=O) groups is 1. The summed E-state index contributed by atoms with van der Waals surface area (Å²) in [6.07, 6.45) is 10.2. The van der Waals surface area contributed by atoms with Gasteiger partial charge in [0.1, 0.15) is 11.4 Å². The van der Waals surface area contributed by atoms with Crippen LogP contribution in [0.3, 0.4) is 0 Å². The van der Waals surface area contributed by atoms with Crippen LogP contribution < -0.4 is 15.8 Å². The molecule has 4 heterocycles. The van der Waals surface area contributed by atoms with Crippen LogP contribution in [0.5, 0.6) is 0 Å². The van der Waals surface area contributed by atoms with Crippen LogP contribution in [0.1, 0.15) is 46.6 Å². The van der Waals surface area contributed by atoms with Crippen LogP contribution in [0.25, 0.3) is 0 Å². The van der Waals surface area contributed by atoms with Crippen LogP contribution in [0.4, 0.5) is 11.5 Å². The number of amides is 1. The van der Waals surface area contributed by atoms with Crippen molar-refractivity contribution in [1.82, 2.24) is 19.5 Å². The van der Waals surface area contributed by atoms with Gasteiger partial charge in [-0.3, -0.25) is 19.6 Å². The van der Waals surface area contributed by atoms with Gasteiger partial charge in [0.15, 0.2) is 0 Å². The molecule has 31 heavy (non-hydrogen) atoms. The smallest absolute Gasteiger partial charge is 0.264 e. The molecule has 3 aromatic heterocycles. The third-order valence-electron chi connectivity index (χ3n) is 5.45. The zero-order valence-electron chi connectivity index (χ0n) is 17.8. The van der Waals surface area contributed by atoms with Crippen LogP contribution >= 0.6 is 0 Å². The SMILES string of the molecule is Cc1cnc(Cn2ccc(C)c(C(=O)Nc3ccc(N4CCCCC4)nc3)c2=O)cn1. The average molecular weight is 419 g/mol. The van der Waals surface area contributed by atoms with Gasteiger partial charge in [0.25, 0.3) is 11.5 Å². The van der Waals surface area contributed by atoms with Crippen LogP contribution in [0.2, 0.25) is 0 Å². The van der Waals surface area contributed by atoms with E-state index < -0.39 is 5.91 Å². The Kier molecular flexibility index (Phi) is 6.06. The summed E-state index contributed by atoms with van der Waals surface area (Å²) in [6.45, 7) is 5.87. The molecule has 160 valence electrons. The number of nitrogens with zero attached hydrogens (tertiary/aromatic N) is 5. The van der Waals surface area contributed by atoms with Gasteiger partial charge in [0, 0.05) is 25.5 Å². The summed E-state index contributed by atoms with van der Waals surface area (Å²) in [7, 11) is 0. The highest BCUT2D eigenvalue weighted by Gasteiger charge is 2.17. The molecule has 1 amide bonds. The van der Waals surface area contributed by atoms with Gasteiger partial charge in [-0.25, -0.2) is 4.98 Å². The van der Waals surface area contributed by atoms with Crippen LogP contribution in [0.15, 0.2) is 47.8 Å². The molecule has 0 bridgehead atoms. The fourth-order valence-electron chi connectivity index (χ4n) is 3.70. The number of aryl methyl sites for hydroxylation is 2. The van der Waals surface area contributed by atoms with E-state index in [1.54, 1.807) is 37.8 Å². The second-order valence-electron chi connectivity index (χ2n) is 7.86. The van der Waals surface area contributed by atoms with Gasteiger partial charge in [-0.05, 0) is 56.9 Å². The highest BCUT2D eigenvalue weighted by atomic mass is 16.2. The third kappa shape index (κ3) is 4.79. The number of carbonyl (C=O) groups excluding carboxylic acids is 1. The minimum Gasteiger partial charge on any atom is -0.357 e. The largest absolute Gasteiger partial charge is 0.357 e. The van der Waals surface area contributed by atoms with Crippen molar-refractivity contribution in [3.8, 4) is 0 Å². The van der Waals surface area contributed by atoms with Gasteiger partial charge in [-0.2, -0.15) is 0 Å². The van der Waals surface area contributed by atoms with Crippen molar-refractivity contribution in [2.75, 3.05) is 23.3 Å². The first-order chi connectivity index (χ1) is 15.0. The summed E-state index contributed by atoms with van der Waals surface area (Å²) in [5.41, 5.74) is 2.39. The predicted molar refractivity (Wildman–Crippen MR) is 120 cm³/mol. The lowest BCUT2D eigenvalue weighted by Crippen LogP contribution is -2.31. The second-order valence-corrected chi connectivity index (χ2v) is 7.86. The standard InChI is InChI=1S/C23H26N6O2/c1-16-8-11-29(15-19-14-24-17(2)12-25-19)23(31)21(16)22(30)27-18-6-7-20(26-13-18)28-9-4-3-5-10-28/h6-8,11-14H,3-5,9-10,15H2,1-2H3,(H,27,30). The molecule has 0 spiro atoms. The molecule has 1 fully saturated rings. The van der Waals surface area contributed by atoms with Crippen molar-refractivity contribution >= 4 is 17.4 Å². The topological polar surface area (TPSA) is 93.0 Å². The minimum atomic E-state index is -0.445. The van der Waals surface area contributed by atoms with E-state index in [1.165, 1.54) is 23.8 Å². The number of anilines is 2. The van der Waals surface area contributed by atoms with E-state index in [9.17, 15) is 9.59 Å². The second kappa shape index (κ2) is 9.07. The Labute approximate surface area is 181 Å². The molecule has 0 unspecified atom stereocenters. The van der Waals surface area contributed by atoms with Crippen molar-refractivity contribution in [3.05, 3.63) is 75.9 Å². The minimum absolute atomic E-state index is 0.114. The Morgan fingerprint density at radius 1 is 1.00 bits per heavy atom. The first kappa shape index (κ1) is 20.7. The third-order valence-corrected chi connectivity index (χ3v) is 5.45. The maximum atomic E-state index is 13.0. The molecule has 1 N–H and O–H groups in total. The van der Waals surface area contributed by atoms with Gasteiger partial charge < -0.3 is 14.8 Å². The van der Waals surface area contributed by atoms with Crippen LogP contribution in [-0.4, -0.2) is 38.5 Å². The summed E-state index contributed by atoms with van der Waals surface area (Å²) in [5, 5.41) is 2.81. The van der Waals surface area contributed by atoms with Crippen molar-refractivity contribution in [2.45, 2.75) is 39.7 Å². The predicted octanol–water partition coefficient (Wildman–Crippen LogP) is 2.94. The molecule has 8 nitrogen and oxygen atoms in total. The molecule has 0 aromatic carbocycles. The normalized spacial score (nSPS) is 13.8. The lowest BCUT2D eigenvalue weighted by atomic mass is 10.1. The first-order valence-corrected chi connectivity index (χ1v) is 10.5. The Bertz CT molecular complexity index is 1120. The zero-order chi connectivity index (χ0) is 21.8. The molecule has 3 aromatic rings. The molecular weight excluding hydrogens is 392 g/mol. The molecule has 8 heteroatoms. The van der Waals surface area contributed by atoms with Gasteiger partial charge in [0.05, 0.1) is 36.0 Å². The van der Waals surface area contributed by atoms with E-state index in [-0.39, 0.29) is 17.7 Å². The monoisotopic (exact) mass is 418 g/mol. The number of hydrogen-bond donors (Lipinski definition) is 1. The van der Waals surface area contributed by atoms with E-state index in [2.05, 4.69) is 25.2 Å². The van der Waals surface area contributed by atoms with Crippen molar-refractivity contribution < 1.29 is 4.79 Å². The van der Waals surface area contributed by atoms with Gasteiger partial charge >= 0.3 is 0 Å². The number of pyridine rings is 2. The summed E-state index contributed by atoms with van der Waals surface area (Å²) >= 11 is 0. The molecular formula is C23H26N6O2. The molecule has 0 saturated carbocycles. The number of piperidine rings is 1. The van der Waals surface area contributed by atoms with Crippen molar-refractivity contribution in [1.29, 1.82) is 0 Å². The van der Waals surface area contributed by atoms with Crippen molar-refractivity contribution in [2.24, 2.45) is 0 Å². The quantitative estimate of drug-likeness (QED) is 0.685. The van der Waals surface area contributed by atoms with Gasteiger partial charge in [-0.15, -0.1) is 0 Å². The molecule has 0 atom stereocenters. The summed E-state index contributed by atoms with van der Waals surface area (Å²) < 4.78 is 1.47. The van der Waals surface area contributed by atoms with Gasteiger partial charge in [0.2, 0.25) is 0 Å². The summed E-state index contributed by atoms with van der Waals surface area (Å²) in [5.74, 6) is 0.467. The molecule has 4 rings (SSSR count). The van der Waals surface area contributed by atoms with Crippen molar-refractivity contribution in [3.63, 3.8) is 0 Å². The number of rotatable bonds is 5. The average Bonchev–Trinajstić information content (AvgIpc) is 2.78. The fourth-order valence-corrected chi connectivity index (χ4v) is 3.70. The Morgan fingerprint density at radius 2 is 1.81 bits per heavy atom. The number of aromatic nitrogens is 4. The summed E-state index contributed by atoms with van der Waals surface area (Å²) in [6, 6.07) is 5.50. The van der Waals surface area contributed by atoms with Gasteiger partial charge in [-0.1, -0.05) is 0 Å². The maximum Gasteiger partial charge on any atom is 0.264 e. The van der Waals surface area contributed by atoms with Crippen LogP contribution in [0, 0.1) is 13.8 Å². The first-order valence-electron chi connectivity index (χ1n) is 10.5. The molecule has 1 aliphatic rings. The zero-order valence-corrected chi connectivity index (χ0v) is 17.8. The van der Waals surface area contributed by atoms with Crippen LogP contribution in [-0.2, 0) is 6.54 Å². The van der Waals surface area contributed by atoms with E-state index in [1.807, 2.05) is 19.1 Å².